The Morgan fingerprint density at radius 1 is 1.32 bits per heavy atom. The number of aromatic nitrogens is 2. The highest BCUT2D eigenvalue weighted by molar-refractivity contribution is 9.10. The van der Waals surface area contributed by atoms with Crippen LogP contribution in [0.25, 0.3) is 0 Å². The van der Waals surface area contributed by atoms with E-state index in [2.05, 4.69) is 26.3 Å². The number of nitrogens with zero attached hydrogens (tertiary/aromatic N) is 1. The number of benzene rings is 1. The molecule has 5 nitrogen and oxygen atoms in total. The van der Waals surface area contributed by atoms with Gasteiger partial charge in [0.2, 0.25) is 0 Å². The molecule has 1 aliphatic heterocycles. The Morgan fingerprint density at radius 2 is 2.04 bits per heavy atom. The Balaban J connectivity index is 1.99. The number of hydrogen-bond donors (Lipinski definition) is 2. The fourth-order valence-electron chi connectivity index (χ4n) is 3.82. The summed E-state index contributed by atoms with van der Waals surface area (Å²) in [4.78, 5) is 25.6. The number of fused-ring (bicyclic) bond motifs is 1. The van der Waals surface area contributed by atoms with Crippen molar-refractivity contribution in [3.63, 3.8) is 0 Å². The van der Waals surface area contributed by atoms with Gasteiger partial charge in [0.05, 0.1) is 10.6 Å². The zero-order valence-electron chi connectivity index (χ0n) is 14.0. The monoisotopic (exact) mass is 421 g/mol. The van der Waals surface area contributed by atoms with Crippen LogP contribution < -0.4 is 10.9 Å². The molecule has 2 aromatic rings. The molecule has 2 N–H and O–H groups in total. The molecule has 0 saturated carbocycles. The Hall–Kier alpha value is -1.79. The average Bonchev–Trinajstić information content (AvgIpc) is 2.94. The third kappa shape index (κ3) is 2.34. The fraction of sp³-hybridized carbons (Fsp3) is 0.333. The summed E-state index contributed by atoms with van der Waals surface area (Å²) >= 11 is 9.68. The van der Waals surface area contributed by atoms with Crippen molar-refractivity contribution < 1.29 is 4.79 Å². The van der Waals surface area contributed by atoms with Crippen molar-refractivity contribution in [3.8, 4) is 0 Å². The number of aryl methyl sites for hydroxylation is 1. The minimum atomic E-state index is -0.482. The van der Waals surface area contributed by atoms with Crippen molar-refractivity contribution >= 4 is 39.1 Å². The maximum atomic E-state index is 13.1. The number of rotatable bonds is 1. The molecular formula is C18H17BrClN3O2. The number of allylic oxidation sites excluding steroid dienone is 2. The smallest absolute Gasteiger partial charge is 0.270 e. The molecule has 0 spiro atoms. The molecule has 0 saturated heterocycles. The molecule has 0 radical (unpaired) electrons. The van der Waals surface area contributed by atoms with E-state index in [1.165, 1.54) is 0 Å². The molecule has 1 aromatic heterocycles. The molecule has 1 aromatic carbocycles. The Kier molecular flexibility index (Phi) is 3.57. The molecule has 4 rings (SSSR count). The molecule has 2 aliphatic rings. The van der Waals surface area contributed by atoms with Gasteiger partial charge in [-0.1, -0.05) is 31.5 Å². The topological polar surface area (TPSA) is 66.9 Å². The third-order valence-corrected chi connectivity index (χ3v) is 6.26. The number of hydrogen-bond acceptors (Lipinski definition) is 3. The van der Waals surface area contributed by atoms with Gasteiger partial charge < -0.3 is 5.32 Å². The zero-order chi connectivity index (χ0) is 18.1. The van der Waals surface area contributed by atoms with Crippen LogP contribution >= 0.6 is 27.5 Å². The molecule has 130 valence electrons. The lowest BCUT2D eigenvalue weighted by molar-refractivity contribution is -0.122. The normalized spacial score (nSPS) is 21.2. The highest BCUT2D eigenvalue weighted by Crippen LogP contribution is 2.50. The van der Waals surface area contributed by atoms with Gasteiger partial charge in [0.25, 0.3) is 5.56 Å². The van der Waals surface area contributed by atoms with Crippen LogP contribution in [0.2, 0.25) is 5.02 Å². The Bertz CT molecular complexity index is 1020. The summed E-state index contributed by atoms with van der Waals surface area (Å²) in [5, 5.41) is 6.65. The number of ketones is 1. The van der Waals surface area contributed by atoms with Crippen molar-refractivity contribution in [3.05, 3.63) is 60.4 Å². The van der Waals surface area contributed by atoms with E-state index in [1.807, 2.05) is 32.0 Å². The lowest BCUT2D eigenvalue weighted by Gasteiger charge is -2.26. The molecule has 25 heavy (non-hydrogen) atoms. The van der Waals surface area contributed by atoms with Crippen LogP contribution in [0.1, 0.15) is 37.3 Å². The van der Waals surface area contributed by atoms with Crippen LogP contribution in [-0.2, 0) is 11.8 Å². The predicted molar refractivity (Wildman–Crippen MR) is 101 cm³/mol. The van der Waals surface area contributed by atoms with Crippen LogP contribution in [0.4, 0.5) is 5.82 Å². The molecule has 0 fully saturated rings. The van der Waals surface area contributed by atoms with E-state index in [1.54, 1.807) is 11.7 Å². The van der Waals surface area contributed by atoms with Crippen LogP contribution in [0.5, 0.6) is 0 Å². The Morgan fingerprint density at radius 3 is 2.72 bits per heavy atom. The van der Waals surface area contributed by atoms with Gasteiger partial charge in [-0.2, -0.15) is 0 Å². The minimum Gasteiger partial charge on any atom is -0.343 e. The standard InChI is InChI=1S/C18H17BrClN3O2/c1-18(2)7-11-13(15(18)24)12(8-4-5-9(19)10(20)6-8)14-16(21-11)23(3)22-17(14)25/h4-6,12,21H,7H2,1-3H3,(H,22,25). The van der Waals surface area contributed by atoms with Gasteiger partial charge in [-0.05, 0) is 33.6 Å². The summed E-state index contributed by atoms with van der Waals surface area (Å²) in [5.41, 5.74) is 2.29. The van der Waals surface area contributed by atoms with Crippen molar-refractivity contribution in [2.24, 2.45) is 12.5 Å². The summed E-state index contributed by atoms with van der Waals surface area (Å²) < 4.78 is 2.45. The highest BCUT2D eigenvalue weighted by Gasteiger charge is 2.47. The fourth-order valence-corrected chi connectivity index (χ4v) is 4.26. The van der Waals surface area contributed by atoms with Gasteiger partial charge in [-0.25, -0.2) is 0 Å². The number of halogens is 2. The van der Waals surface area contributed by atoms with Gasteiger partial charge in [0.1, 0.15) is 5.82 Å². The second-order valence-corrected chi connectivity index (χ2v) is 8.54. The molecule has 1 unspecified atom stereocenters. The number of H-pyrrole nitrogens is 1. The van der Waals surface area contributed by atoms with E-state index in [4.69, 9.17) is 11.6 Å². The molecule has 2 heterocycles. The van der Waals surface area contributed by atoms with E-state index in [-0.39, 0.29) is 11.3 Å². The summed E-state index contributed by atoms with van der Waals surface area (Å²) in [7, 11) is 1.78. The zero-order valence-corrected chi connectivity index (χ0v) is 16.4. The first-order chi connectivity index (χ1) is 11.7. The van der Waals surface area contributed by atoms with Crippen molar-refractivity contribution in [1.82, 2.24) is 9.78 Å². The number of aromatic amines is 1. The quantitative estimate of drug-likeness (QED) is 0.731. The van der Waals surface area contributed by atoms with Gasteiger partial charge in [0, 0.05) is 40.5 Å². The van der Waals surface area contributed by atoms with Crippen molar-refractivity contribution in [1.29, 1.82) is 0 Å². The summed E-state index contributed by atoms with van der Waals surface area (Å²) in [6, 6.07) is 5.58. The summed E-state index contributed by atoms with van der Waals surface area (Å²) in [5.74, 6) is 0.363. The molecule has 1 atom stereocenters. The van der Waals surface area contributed by atoms with Crippen molar-refractivity contribution in [2.45, 2.75) is 26.2 Å². The molecule has 0 bridgehead atoms. The van der Waals surface area contributed by atoms with Gasteiger partial charge in [-0.15, -0.1) is 0 Å². The average molecular weight is 423 g/mol. The van der Waals surface area contributed by atoms with E-state index in [0.717, 1.165) is 15.7 Å². The van der Waals surface area contributed by atoms with Gasteiger partial charge >= 0.3 is 0 Å². The molecular weight excluding hydrogens is 406 g/mol. The minimum absolute atomic E-state index is 0.0768. The van der Waals surface area contributed by atoms with E-state index in [0.29, 0.717) is 28.4 Å². The SMILES string of the molecule is Cn1[nH]c(=O)c2c1NC1=C(C(=O)C(C)(C)C1)C2c1ccc(Br)c(Cl)c1. The van der Waals surface area contributed by atoms with E-state index < -0.39 is 11.3 Å². The molecule has 0 amide bonds. The van der Waals surface area contributed by atoms with Crippen LogP contribution in [0.15, 0.2) is 38.7 Å². The van der Waals surface area contributed by atoms with Crippen LogP contribution in [0, 0.1) is 5.41 Å². The van der Waals surface area contributed by atoms with Crippen LogP contribution in [-0.4, -0.2) is 15.6 Å². The summed E-state index contributed by atoms with van der Waals surface area (Å²) in [6.07, 6.45) is 0.626. The summed E-state index contributed by atoms with van der Waals surface area (Å²) in [6.45, 7) is 3.88. The second-order valence-electron chi connectivity index (χ2n) is 7.28. The first kappa shape index (κ1) is 16.7. The maximum absolute atomic E-state index is 13.1. The number of carbonyl (C=O) groups excluding carboxylic acids is 1. The maximum Gasteiger partial charge on any atom is 0.270 e. The van der Waals surface area contributed by atoms with Gasteiger partial charge in [0.15, 0.2) is 5.78 Å². The van der Waals surface area contributed by atoms with Crippen LogP contribution in [0.3, 0.4) is 0 Å². The number of Topliss-reactive ketones (excluding diaryl/α,β-unsaturated/α-hetero) is 1. The predicted octanol–water partition coefficient (Wildman–Crippen LogP) is 3.94. The van der Waals surface area contributed by atoms with E-state index >= 15 is 0 Å². The number of anilines is 1. The molecule has 7 heteroatoms. The number of nitrogens with one attached hydrogen (secondary N) is 2. The number of carbonyl (C=O) groups is 1. The first-order valence-electron chi connectivity index (χ1n) is 7.99. The highest BCUT2D eigenvalue weighted by atomic mass is 79.9. The Labute approximate surface area is 158 Å². The van der Waals surface area contributed by atoms with Gasteiger partial charge in [-0.3, -0.25) is 19.4 Å². The largest absolute Gasteiger partial charge is 0.343 e. The first-order valence-corrected chi connectivity index (χ1v) is 9.16. The van der Waals surface area contributed by atoms with Crippen molar-refractivity contribution in [2.75, 3.05) is 5.32 Å². The second kappa shape index (κ2) is 5.35. The third-order valence-electron chi connectivity index (χ3n) is 5.03. The lowest BCUT2D eigenvalue weighted by atomic mass is 9.79. The molecule has 1 aliphatic carbocycles. The van der Waals surface area contributed by atoms with E-state index in [9.17, 15) is 9.59 Å². The lowest BCUT2D eigenvalue weighted by Crippen LogP contribution is -2.26.